The molecule has 2 N–H and O–H groups in total. The number of carbonyl (C=O) groups excluding carboxylic acids is 1. The molecule has 0 aliphatic carbocycles. The molecule has 1 aromatic rings. The van der Waals surface area contributed by atoms with Gasteiger partial charge in [-0.1, -0.05) is 12.1 Å². The van der Waals surface area contributed by atoms with Gasteiger partial charge in [0.15, 0.2) is 5.96 Å². The number of carbonyl (C=O) groups is 1. The van der Waals surface area contributed by atoms with Crippen LogP contribution in [0.3, 0.4) is 0 Å². The third kappa shape index (κ3) is 1.84. The summed E-state index contributed by atoms with van der Waals surface area (Å²) in [5.41, 5.74) is 5.26. The van der Waals surface area contributed by atoms with Crippen LogP contribution in [0.2, 0.25) is 0 Å². The van der Waals surface area contributed by atoms with Crippen molar-refractivity contribution in [3.63, 3.8) is 0 Å². The van der Waals surface area contributed by atoms with Gasteiger partial charge in [0, 0.05) is 11.9 Å². The predicted molar refractivity (Wildman–Crippen MR) is 74.4 cm³/mol. The third-order valence-electron chi connectivity index (χ3n) is 3.42. The van der Waals surface area contributed by atoms with E-state index in [2.05, 4.69) is 11.6 Å². The first kappa shape index (κ1) is 12.8. The van der Waals surface area contributed by atoms with Crippen LogP contribution in [0.4, 0.5) is 0 Å². The highest BCUT2D eigenvalue weighted by Gasteiger charge is 2.45. The number of aliphatic imine (C=N–C) groups is 1. The summed E-state index contributed by atoms with van der Waals surface area (Å²) in [6.45, 7) is 5.70. The fourth-order valence-electron chi connectivity index (χ4n) is 2.27. The molecule has 1 amide bonds. The molecule has 96 valence electrons. The van der Waals surface area contributed by atoms with Crippen molar-refractivity contribution in [1.82, 2.24) is 4.90 Å². The van der Waals surface area contributed by atoms with E-state index < -0.39 is 5.54 Å². The van der Waals surface area contributed by atoms with E-state index in [1.54, 1.807) is 24.5 Å². The topological polar surface area (TPSA) is 58.7 Å². The maximum atomic E-state index is 12.4. The summed E-state index contributed by atoms with van der Waals surface area (Å²) in [7, 11) is 1.66. The Bertz CT molecular complexity index is 494. The van der Waals surface area contributed by atoms with Gasteiger partial charge < -0.3 is 5.73 Å². The van der Waals surface area contributed by atoms with Crippen LogP contribution in [-0.4, -0.2) is 23.8 Å². The Morgan fingerprint density at radius 1 is 1.72 bits per heavy atom. The first-order valence-corrected chi connectivity index (χ1v) is 6.66. The molecule has 5 heteroatoms. The Balaban J connectivity index is 2.54. The predicted octanol–water partition coefficient (Wildman–Crippen LogP) is 1.94. The van der Waals surface area contributed by atoms with Gasteiger partial charge in [0.2, 0.25) is 5.91 Å². The highest BCUT2D eigenvalue weighted by atomic mass is 32.1. The van der Waals surface area contributed by atoms with Gasteiger partial charge in [0.05, 0.1) is 5.92 Å². The van der Waals surface area contributed by atoms with Crippen LogP contribution in [-0.2, 0) is 10.3 Å². The normalized spacial score (nSPS) is 28.1. The lowest BCUT2D eigenvalue weighted by Gasteiger charge is -2.39. The molecule has 18 heavy (non-hydrogen) atoms. The second-order valence-electron chi connectivity index (χ2n) is 4.57. The van der Waals surface area contributed by atoms with Crippen LogP contribution < -0.4 is 5.73 Å². The Labute approximate surface area is 111 Å². The number of guanidine groups is 1. The summed E-state index contributed by atoms with van der Waals surface area (Å²) in [5, 5.41) is 1.99. The second kappa shape index (κ2) is 4.57. The van der Waals surface area contributed by atoms with Crippen LogP contribution >= 0.6 is 11.3 Å². The van der Waals surface area contributed by atoms with Gasteiger partial charge in [-0.15, -0.1) is 17.9 Å². The van der Waals surface area contributed by atoms with Crippen LogP contribution in [0.1, 0.15) is 18.2 Å². The van der Waals surface area contributed by atoms with Crippen LogP contribution in [0.25, 0.3) is 0 Å². The van der Waals surface area contributed by atoms with E-state index >= 15 is 0 Å². The SMILES string of the molecule is C=CCC1C(=O)N(C)C(N)=NC1(C)c1cccs1. The summed E-state index contributed by atoms with van der Waals surface area (Å²) in [5.74, 6) is 0.0282. The monoisotopic (exact) mass is 263 g/mol. The fraction of sp³-hybridized carbons (Fsp3) is 0.385. The Kier molecular flexibility index (Phi) is 3.26. The summed E-state index contributed by atoms with van der Waals surface area (Å²) < 4.78 is 0. The first-order chi connectivity index (χ1) is 8.50. The molecule has 0 saturated carbocycles. The zero-order chi connectivity index (χ0) is 13.3. The molecule has 0 bridgehead atoms. The van der Waals surface area contributed by atoms with Crippen molar-refractivity contribution in [2.24, 2.45) is 16.6 Å². The number of hydrogen-bond acceptors (Lipinski definition) is 4. The van der Waals surface area contributed by atoms with Crippen molar-refractivity contribution >= 4 is 23.2 Å². The van der Waals surface area contributed by atoms with Gasteiger partial charge in [-0.2, -0.15) is 0 Å². The molecule has 4 nitrogen and oxygen atoms in total. The minimum atomic E-state index is -0.587. The lowest BCUT2D eigenvalue weighted by molar-refractivity contribution is -0.133. The largest absolute Gasteiger partial charge is 0.369 e. The van der Waals surface area contributed by atoms with Crippen LogP contribution in [0.5, 0.6) is 0 Å². The van der Waals surface area contributed by atoms with E-state index in [1.807, 2.05) is 24.4 Å². The van der Waals surface area contributed by atoms with Crippen molar-refractivity contribution in [1.29, 1.82) is 0 Å². The lowest BCUT2D eigenvalue weighted by Crippen LogP contribution is -2.53. The molecular formula is C13H17N3OS. The molecule has 0 radical (unpaired) electrons. The smallest absolute Gasteiger partial charge is 0.235 e. The Morgan fingerprint density at radius 3 is 3.00 bits per heavy atom. The molecule has 2 heterocycles. The molecule has 0 saturated heterocycles. The number of thiophene rings is 1. The standard InChI is InChI=1S/C13H17N3OS/c1-4-6-9-11(17)16(3)12(14)15-13(9,2)10-7-5-8-18-10/h4-5,7-9H,1,6H2,2-3H3,(H2,14,15). The van der Waals surface area contributed by atoms with Crippen molar-refractivity contribution in [2.75, 3.05) is 7.05 Å². The minimum absolute atomic E-state index is 0.00157. The summed E-state index contributed by atoms with van der Waals surface area (Å²) >= 11 is 1.60. The van der Waals surface area contributed by atoms with Gasteiger partial charge in [-0.3, -0.25) is 9.69 Å². The number of rotatable bonds is 3. The summed E-state index contributed by atoms with van der Waals surface area (Å²) in [6, 6.07) is 3.96. The highest BCUT2D eigenvalue weighted by Crippen LogP contribution is 2.41. The number of allylic oxidation sites excluding steroid dienone is 1. The molecule has 2 unspecified atom stereocenters. The lowest BCUT2D eigenvalue weighted by atomic mass is 9.80. The number of nitrogens with two attached hydrogens (primary N) is 1. The van der Waals surface area contributed by atoms with Gasteiger partial charge in [-0.25, -0.2) is 4.99 Å². The Hall–Kier alpha value is -1.62. The fourth-order valence-corrected chi connectivity index (χ4v) is 3.16. The van der Waals surface area contributed by atoms with Gasteiger partial charge in [0.25, 0.3) is 0 Å². The quantitative estimate of drug-likeness (QED) is 0.847. The molecule has 0 aromatic carbocycles. The number of nitrogens with zero attached hydrogens (tertiary/aromatic N) is 2. The second-order valence-corrected chi connectivity index (χ2v) is 5.52. The van der Waals surface area contributed by atoms with Crippen molar-refractivity contribution in [3.8, 4) is 0 Å². The van der Waals surface area contributed by atoms with Crippen molar-refractivity contribution in [2.45, 2.75) is 18.9 Å². The first-order valence-electron chi connectivity index (χ1n) is 5.78. The van der Waals surface area contributed by atoms with Crippen molar-refractivity contribution in [3.05, 3.63) is 35.0 Å². The maximum Gasteiger partial charge on any atom is 0.235 e. The van der Waals surface area contributed by atoms with E-state index in [-0.39, 0.29) is 17.8 Å². The zero-order valence-corrected chi connectivity index (χ0v) is 11.4. The van der Waals surface area contributed by atoms with E-state index in [0.29, 0.717) is 6.42 Å². The molecule has 0 spiro atoms. The van der Waals surface area contributed by atoms with Gasteiger partial charge in [0.1, 0.15) is 5.54 Å². The van der Waals surface area contributed by atoms with E-state index in [0.717, 1.165) is 4.88 Å². The minimum Gasteiger partial charge on any atom is -0.369 e. The Morgan fingerprint density at radius 2 is 2.44 bits per heavy atom. The van der Waals surface area contributed by atoms with Gasteiger partial charge >= 0.3 is 0 Å². The van der Waals surface area contributed by atoms with E-state index in [1.165, 1.54) is 4.90 Å². The third-order valence-corrected chi connectivity index (χ3v) is 4.52. The molecule has 2 rings (SSSR count). The van der Waals surface area contributed by atoms with Crippen LogP contribution in [0.15, 0.2) is 35.2 Å². The summed E-state index contributed by atoms with van der Waals surface area (Å²) in [4.78, 5) is 19.4. The molecule has 1 aromatic heterocycles. The highest BCUT2D eigenvalue weighted by molar-refractivity contribution is 7.10. The number of hydrogen-bond donors (Lipinski definition) is 1. The average molecular weight is 263 g/mol. The maximum absolute atomic E-state index is 12.4. The van der Waals surface area contributed by atoms with Gasteiger partial charge in [-0.05, 0) is 24.8 Å². The van der Waals surface area contributed by atoms with Crippen molar-refractivity contribution < 1.29 is 4.79 Å². The molecular weight excluding hydrogens is 246 g/mol. The molecule has 1 aliphatic heterocycles. The molecule has 1 aliphatic rings. The van der Waals surface area contributed by atoms with E-state index in [4.69, 9.17) is 5.73 Å². The number of amides is 1. The molecule has 0 fully saturated rings. The summed E-state index contributed by atoms with van der Waals surface area (Å²) in [6.07, 6.45) is 2.35. The van der Waals surface area contributed by atoms with E-state index in [9.17, 15) is 4.79 Å². The van der Waals surface area contributed by atoms with Crippen LogP contribution in [0, 0.1) is 5.92 Å². The molecule has 2 atom stereocenters. The average Bonchev–Trinajstić information content (AvgIpc) is 2.86. The zero-order valence-electron chi connectivity index (χ0n) is 10.6.